The summed E-state index contributed by atoms with van der Waals surface area (Å²) >= 11 is 0. The van der Waals surface area contributed by atoms with Gasteiger partial charge >= 0.3 is 0 Å². The predicted octanol–water partition coefficient (Wildman–Crippen LogP) is 12.0. The number of rotatable bonds is 5. The first-order valence-corrected chi connectivity index (χ1v) is 14.4. The number of nitrogens with zero attached hydrogens (tertiary/aromatic N) is 3. The van der Waals surface area contributed by atoms with Crippen molar-refractivity contribution in [1.29, 1.82) is 0 Å². The van der Waals surface area contributed by atoms with Crippen molar-refractivity contribution >= 4 is 43.9 Å². The fourth-order valence-electron chi connectivity index (χ4n) is 5.36. The van der Waals surface area contributed by atoms with Crippen LogP contribution in [0, 0.1) is 0 Å². The largest absolute Gasteiger partial charge is 0.456 e. The van der Waals surface area contributed by atoms with Crippen LogP contribution in [0.2, 0.25) is 0 Å². The third-order valence-corrected chi connectivity index (χ3v) is 7.50. The van der Waals surface area contributed by atoms with Gasteiger partial charge in [-0.2, -0.15) is 0 Å². The standard InChI is InChI=1S/C45H27N3O2/c1-3-12-28(13-4-1)29-24-26-31(27-25-29)43-46-44(48-45(47-43)36-20-9-18-34-33-16-7-8-21-37(33)50-42(34)36)35-19-11-23-39-41(35)40-32(17-10-22-38(40)49-39)30-14-5-2-6-15-30/h1-27H/i1D,2D,3D,4D,5D,6D,7D,8D,9D,10D,11D,12D,13D,14D,15D,16D,17D,18D,19D,20D,21D,22D,23D,24D,25D,26D,27D. The van der Waals surface area contributed by atoms with Crippen molar-refractivity contribution in [2.24, 2.45) is 0 Å². The molecule has 0 atom stereocenters. The Hall–Kier alpha value is -6.85. The average Bonchev–Trinajstić information content (AvgIpc) is 4.25. The predicted molar refractivity (Wildman–Crippen MR) is 202 cm³/mol. The van der Waals surface area contributed by atoms with E-state index in [0.29, 0.717) is 0 Å². The van der Waals surface area contributed by atoms with Crippen molar-refractivity contribution in [2.45, 2.75) is 0 Å². The van der Waals surface area contributed by atoms with E-state index in [9.17, 15) is 5.48 Å². The third-order valence-electron chi connectivity index (χ3n) is 7.50. The molecule has 10 aromatic rings. The van der Waals surface area contributed by atoms with E-state index in [2.05, 4.69) is 15.0 Å². The van der Waals surface area contributed by atoms with Gasteiger partial charge in [-0.15, -0.1) is 0 Å². The minimum absolute atomic E-state index is 0.417. The minimum atomic E-state index is -1.04. The Balaban J connectivity index is 1.43. The van der Waals surface area contributed by atoms with Gasteiger partial charge in [0.1, 0.15) is 22.3 Å². The summed E-state index contributed by atoms with van der Waals surface area (Å²) < 4.78 is 249. The molecule has 0 fully saturated rings. The van der Waals surface area contributed by atoms with E-state index in [0.717, 1.165) is 0 Å². The van der Waals surface area contributed by atoms with Gasteiger partial charge in [0.25, 0.3) is 0 Å². The molecule has 5 heteroatoms. The highest BCUT2D eigenvalue weighted by molar-refractivity contribution is 6.17. The molecule has 7 aromatic carbocycles. The van der Waals surface area contributed by atoms with Crippen LogP contribution in [0.15, 0.2) is 172 Å². The SMILES string of the molecule is [2H]c1c([2H])c([2H])c(-c2c([2H])c([2H])c(-c3nc(-c4c([2H])c([2H])c([2H])c5c4oc4c([2H])c([2H])c([2H])c([2H])c45)nc(-c4c([2H])c([2H])c([2H])c5oc6c([2H])c([2H])c([2H])c(-c7c([2H])c([2H])c([2H])c([2H])c7[2H])c6c45)n3)c([2H])c2[2H])c([2H])c1[2H]. The van der Waals surface area contributed by atoms with Crippen LogP contribution in [0.5, 0.6) is 0 Å². The van der Waals surface area contributed by atoms with Gasteiger partial charge < -0.3 is 8.83 Å². The first kappa shape index (κ1) is 12.2. The monoisotopic (exact) mass is 668 g/mol. The molecule has 0 saturated heterocycles. The molecule has 0 radical (unpaired) electrons. The molecule has 50 heavy (non-hydrogen) atoms. The molecule has 234 valence electrons. The number of para-hydroxylation sites is 2. The summed E-state index contributed by atoms with van der Waals surface area (Å²) in [6, 6.07) is -24.0. The van der Waals surface area contributed by atoms with Gasteiger partial charge in [0, 0.05) is 32.7 Å². The summed E-state index contributed by atoms with van der Waals surface area (Å²) in [5, 5.41) is -2.00. The van der Waals surface area contributed by atoms with Gasteiger partial charge in [-0.05, 0) is 46.4 Å². The summed E-state index contributed by atoms with van der Waals surface area (Å²) in [6.45, 7) is 0. The maximum atomic E-state index is 9.45. The maximum absolute atomic E-state index is 9.45. The molecule has 0 aliphatic heterocycles. The first-order chi connectivity index (χ1) is 36.0. The highest BCUT2D eigenvalue weighted by Gasteiger charge is 2.21. The second kappa shape index (κ2) is 11.4. The lowest BCUT2D eigenvalue weighted by Gasteiger charge is -2.11. The summed E-state index contributed by atoms with van der Waals surface area (Å²) in [6.07, 6.45) is 0. The lowest BCUT2D eigenvalue weighted by atomic mass is 9.97. The van der Waals surface area contributed by atoms with Crippen LogP contribution in [0.3, 0.4) is 0 Å². The van der Waals surface area contributed by atoms with Crippen molar-refractivity contribution in [3.05, 3.63) is 163 Å². The van der Waals surface area contributed by atoms with Crippen LogP contribution in [0.1, 0.15) is 37.0 Å². The van der Waals surface area contributed by atoms with Crippen LogP contribution in [0.4, 0.5) is 0 Å². The number of hydrogen-bond donors (Lipinski definition) is 0. The molecule has 0 aliphatic rings. The second-order valence-electron chi connectivity index (χ2n) is 10.3. The van der Waals surface area contributed by atoms with Gasteiger partial charge in [-0.25, -0.2) is 15.0 Å². The van der Waals surface area contributed by atoms with Crippen molar-refractivity contribution in [3.8, 4) is 56.4 Å². The zero-order valence-corrected chi connectivity index (χ0v) is 24.7. The maximum Gasteiger partial charge on any atom is 0.167 e. The average molecular weight is 669 g/mol. The van der Waals surface area contributed by atoms with E-state index in [1.54, 1.807) is 0 Å². The molecule has 0 spiro atoms. The van der Waals surface area contributed by atoms with E-state index in [1.165, 1.54) is 0 Å². The van der Waals surface area contributed by atoms with Crippen LogP contribution in [-0.4, -0.2) is 15.0 Å². The molecule has 5 nitrogen and oxygen atoms in total. The molecule has 3 heterocycles. The van der Waals surface area contributed by atoms with Crippen molar-refractivity contribution in [3.63, 3.8) is 0 Å². The van der Waals surface area contributed by atoms with E-state index >= 15 is 0 Å². The van der Waals surface area contributed by atoms with E-state index in [4.69, 9.17) is 40.4 Å². The van der Waals surface area contributed by atoms with Gasteiger partial charge in [-0.1, -0.05) is 139 Å². The molecule has 0 amide bonds. The molecule has 0 unspecified atom stereocenters. The highest BCUT2D eigenvalue weighted by atomic mass is 16.3. The Bertz CT molecular complexity index is 4350. The molecule has 3 aromatic heterocycles. The lowest BCUT2D eigenvalue weighted by molar-refractivity contribution is 0.668. The zero-order chi connectivity index (χ0) is 56.5. The minimum Gasteiger partial charge on any atom is -0.456 e. The van der Waals surface area contributed by atoms with Crippen molar-refractivity contribution < 1.29 is 45.8 Å². The summed E-state index contributed by atoms with van der Waals surface area (Å²) in [5.74, 6) is -2.64. The summed E-state index contributed by atoms with van der Waals surface area (Å²) in [4.78, 5) is 13.4. The fourth-order valence-corrected chi connectivity index (χ4v) is 5.36. The van der Waals surface area contributed by atoms with E-state index in [1.807, 2.05) is 0 Å². The Morgan fingerprint density at radius 3 is 1.60 bits per heavy atom. The van der Waals surface area contributed by atoms with Crippen LogP contribution in [-0.2, 0) is 0 Å². The Morgan fingerprint density at radius 2 is 0.840 bits per heavy atom. The molecule has 0 aliphatic carbocycles. The van der Waals surface area contributed by atoms with Crippen LogP contribution < -0.4 is 0 Å². The molecular formula is C45H27N3O2. The first-order valence-electron chi connectivity index (χ1n) is 27.9. The topological polar surface area (TPSA) is 65.0 Å². The van der Waals surface area contributed by atoms with Gasteiger partial charge in [-0.3, -0.25) is 0 Å². The Morgan fingerprint density at radius 1 is 0.340 bits per heavy atom. The molecular weight excluding hydrogens is 615 g/mol. The van der Waals surface area contributed by atoms with Crippen molar-refractivity contribution in [1.82, 2.24) is 15.0 Å². The Kier molecular flexibility index (Phi) is 2.79. The Labute approximate surface area is 325 Å². The van der Waals surface area contributed by atoms with Crippen molar-refractivity contribution in [2.75, 3.05) is 0 Å². The fraction of sp³-hybridized carbons (Fsp3) is 0. The van der Waals surface area contributed by atoms with Gasteiger partial charge in [0.05, 0.1) is 42.6 Å². The normalized spacial score (nSPS) is 19.2. The smallest absolute Gasteiger partial charge is 0.167 e. The number of furan rings is 2. The molecule has 0 saturated carbocycles. The second-order valence-corrected chi connectivity index (χ2v) is 10.3. The lowest BCUT2D eigenvalue weighted by Crippen LogP contribution is -2.00. The quantitative estimate of drug-likeness (QED) is 0.183. The molecule has 10 rings (SSSR count). The number of hydrogen-bond acceptors (Lipinski definition) is 5. The number of benzene rings is 7. The molecule has 0 bridgehead atoms. The zero-order valence-electron chi connectivity index (χ0n) is 51.7. The third kappa shape index (κ3) is 4.60. The summed E-state index contributed by atoms with van der Waals surface area (Å²) in [7, 11) is 0. The van der Waals surface area contributed by atoms with Crippen LogP contribution in [0.25, 0.3) is 100 Å². The van der Waals surface area contributed by atoms with Gasteiger partial charge in [0.2, 0.25) is 0 Å². The van der Waals surface area contributed by atoms with Gasteiger partial charge in [0.15, 0.2) is 17.5 Å². The number of aromatic nitrogens is 3. The summed E-state index contributed by atoms with van der Waals surface area (Å²) in [5.41, 5.74) is -7.65. The molecule has 0 N–H and O–H groups in total. The van der Waals surface area contributed by atoms with Crippen LogP contribution >= 0.6 is 0 Å². The highest BCUT2D eigenvalue weighted by Crippen LogP contribution is 2.42. The van der Waals surface area contributed by atoms with E-state index in [-0.39, 0.29) is 0 Å². The number of fused-ring (bicyclic) bond motifs is 6. The van der Waals surface area contributed by atoms with E-state index < -0.39 is 263 Å².